The van der Waals surface area contributed by atoms with Gasteiger partial charge in [-0.25, -0.2) is 0 Å². The molecule has 1 aliphatic rings. The van der Waals surface area contributed by atoms with E-state index in [0.29, 0.717) is 18.4 Å². The lowest BCUT2D eigenvalue weighted by atomic mass is 10.1. The van der Waals surface area contributed by atoms with Gasteiger partial charge in [0.25, 0.3) is 5.91 Å². The van der Waals surface area contributed by atoms with Crippen LogP contribution in [0.2, 0.25) is 0 Å². The summed E-state index contributed by atoms with van der Waals surface area (Å²) < 4.78 is 1.86. The molecule has 1 unspecified atom stereocenters. The maximum absolute atomic E-state index is 12.3. The summed E-state index contributed by atoms with van der Waals surface area (Å²) in [5.41, 5.74) is 7.08. The lowest BCUT2D eigenvalue weighted by molar-refractivity contribution is 0.0954. The molecule has 0 spiro atoms. The number of carbonyl (C=O) groups excluding carboxylic acids is 1. The molecule has 1 atom stereocenters. The number of halogens is 1. The Morgan fingerprint density at radius 2 is 2.23 bits per heavy atom. The van der Waals surface area contributed by atoms with E-state index >= 15 is 0 Å². The van der Waals surface area contributed by atoms with Crippen molar-refractivity contribution >= 4 is 39.9 Å². The summed E-state index contributed by atoms with van der Waals surface area (Å²) >= 11 is 1.49. The predicted octanol–water partition coefficient (Wildman–Crippen LogP) is 2.65. The molecule has 0 aromatic carbocycles. The van der Waals surface area contributed by atoms with Crippen molar-refractivity contribution in [2.75, 3.05) is 6.54 Å². The van der Waals surface area contributed by atoms with Crippen molar-refractivity contribution in [1.29, 1.82) is 0 Å². The van der Waals surface area contributed by atoms with Gasteiger partial charge in [0, 0.05) is 25.0 Å². The number of aryl methyl sites for hydroxylation is 1. The Morgan fingerprint density at radius 1 is 1.55 bits per heavy atom. The molecule has 0 radical (unpaired) electrons. The third-order valence-electron chi connectivity index (χ3n) is 4.04. The lowest BCUT2D eigenvalue weighted by Crippen LogP contribution is -2.38. The molecule has 22 heavy (non-hydrogen) atoms. The second-order valence-corrected chi connectivity index (χ2v) is 7.23. The second kappa shape index (κ2) is 6.56. The average Bonchev–Trinajstić information content (AvgIpc) is 3.12. The monoisotopic (exact) mass is 342 g/mol. The number of fused-ring (bicyclic) bond motifs is 1. The second-order valence-electron chi connectivity index (χ2n) is 6.20. The van der Waals surface area contributed by atoms with Gasteiger partial charge in [-0.3, -0.25) is 9.48 Å². The zero-order valence-corrected chi connectivity index (χ0v) is 14.8. The van der Waals surface area contributed by atoms with Crippen molar-refractivity contribution in [3.05, 3.63) is 16.6 Å². The van der Waals surface area contributed by atoms with Crippen molar-refractivity contribution < 1.29 is 4.79 Å². The van der Waals surface area contributed by atoms with E-state index in [1.165, 1.54) is 24.2 Å². The molecule has 2 heterocycles. The van der Waals surface area contributed by atoms with E-state index in [1.54, 1.807) is 0 Å². The van der Waals surface area contributed by atoms with E-state index in [-0.39, 0.29) is 24.4 Å². The van der Waals surface area contributed by atoms with Gasteiger partial charge in [0.05, 0.1) is 10.6 Å². The normalized spacial score (nSPS) is 15.9. The number of carbonyl (C=O) groups is 1. The molecule has 2 aromatic heterocycles. The summed E-state index contributed by atoms with van der Waals surface area (Å²) in [4.78, 5) is 14.1. The third kappa shape index (κ3) is 3.29. The molecular weight excluding hydrogens is 320 g/mol. The minimum atomic E-state index is -0.0259. The van der Waals surface area contributed by atoms with Gasteiger partial charge in [-0.05, 0) is 30.7 Å². The topological polar surface area (TPSA) is 72.9 Å². The molecule has 2 aromatic rings. The van der Waals surface area contributed by atoms with Crippen LogP contribution in [0.4, 0.5) is 0 Å². The van der Waals surface area contributed by atoms with Crippen LogP contribution in [0.15, 0.2) is 6.07 Å². The summed E-state index contributed by atoms with van der Waals surface area (Å²) in [6.07, 6.45) is 2.40. The first-order valence-corrected chi connectivity index (χ1v) is 8.29. The first-order chi connectivity index (χ1) is 9.97. The number of aromatic nitrogens is 2. The van der Waals surface area contributed by atoms with Crippen LogP contribution in [0.1, 0.15) is 48.0 Å². The highest BCUT2D eigenvalue weighted by Gasteiger charge is 2.28. The summed E-state index contributed by atoms with van der Waals surface area (Å²) in [6, 6.07) is 2.05. The highest BCUT2D eigenvalue weighted by molar-refractivity contribution is 7.20. The van der Waals surface area contributed by atoms with Gasteiger partial charge < -0.3 is 11.1 Å². The van der Waals surface area contributed by atoms with Crippen LogP contribution in [0.3, 0.4) is 0 Å². The number of nitrogens with one attached hydrogen (secondary N) is 1. The molecule has 1 aliphatic carbocycles. The van der Waals surface area contributed by atoms with Crippen LogP contribution in [-0.4, -0.2) is 28.3 Å². The maximum atomic E-state index is 12.3. The van der Waals surface area contributed by atoms with E-state index in [9.17, 15) is 4.79 Å². The predicted molar refractivity (Wildman–Crippen MR) is 93.0 cm³/mol. The first kappa shape index (κ1) is 17.2. The highest BCUT2D eigenvalue weighted by atomic mass is 35.5. The van der Waals surface area contributed by atoms with Crippen LogP contribution in [0, 0.1) is 5.92 Å². The van der Waals surface area contributed by atoms with Gasteiger partial charge in [0.2, 0.25) is 0 Å². The molecule has 7 heteroatoms. The molecule has 0 saturated heterocycles. The van der Waals surface area contributed by atoms with Gasteiger partial charge in [-0.2, -0.15) is 5.10 Å². The number of rotatable bonds is 5. The zero-order chi connectivity index (χ0) is 15.1. The molecular formula is C15H23ClN4OS. The van der Waals surface area contributed by atoms with Crippen molar-refractivity contribution in [3.8, 4) is 0 Å². The lowest BCUT2D eigenvalue weighted by Gasteiger charge is -2.10. The molecule has 0 bridgehead atoms. The average molecular weight is 343 g/mol. The summed E-state index contributed by atoms with van der Waals surface area (Å²) in [6.45, 7) is 4.80. The summed E-state index contributed by atoms with van der Waals surface area (Å²) in [7, 11) is 1.93. The fourth-order valence-electron chi connectivity index (χ4n) is 2.59. The van der Waals surface area contributed by atoms with Gasteiger partial charge >= 0.3 is 0 Å². The molecule has 122 valence electrons. The van der Waals surface area contributed by atoms with E-state index in [2.05, 4.69) is 24.3 Å². The molecule has 1 fully saturated rings. The van der Waals surface area contributed by atoms with Gasteiger partial charge in [0.1, 0.15) is 4.83 Å². The number of hydrogen-bond donors (Lipinski definition) is 2. The van der Waals surface area contributed by atoms with Crippen LogP contribution < -0.4 is 11.1 Å². The number of hydrogen-bond acceptors (Lipinski definition) is 4. The first-order valence-electron chi connectivity index (χ1n) is 7.47. The van der Waals surface area contributed by atoms with Crippen molar-refractivity contribution in [2.45, 2.75) is 38.6 Å². The van der Waals surface area contributed by atoms with Gasteiger partial charge in [-0.15, -0.1) is 23.7 Å². The molecule has 3 N–H and O–H groups in total. The Balaban J connectivity index is 0.00000176. The Labute approximate surface area is 140 Å². The maximum Gasteiger partial charge on any atom is 0.261 e. The zero-order valence-electron chi connectivity index (χ0n) is 13.1. The van der Waals surface area contributed by atoms with E-state index in [1.807, 2.05) is 17.8 Å². The van der Waals surface area contributed by atoms with E-state index in [0.717, 1.165) is 20.8 Å². The molecule has 0 aliphatic heterocycles. The minimum Gasteiger partial charge on any atom is -0.350 e. The fourth-order valence-corrected chi connectivity index (χ4v) is 3.59. The Morgan fingerprint density at radius 3 is 2.82 bits per heavy atom. The molecule has 1 amide bonds. The highest BCUT2D eigenvalue weighted by Crippen LogP contribution is 2.32. The molecule has 5 nitrogen and oxygen atoms in total. The quantitative estimate of drug-likeness (QED) is 0.877. The molecule has 3 rings (SSSR count). The van der Waals surface area contributed by atoms with Crippen LogP contribution in [0.25, 0.3) is 10.2 Å². The van der Waals surface area contributed by atoms with Gasteiger partial charge in [0.15, 0.2) is 0 Å². The van der Waals surface area contributed by atoms with Gasteiger partial charge in [-0.1, -0.05) is 13.8 Å². The summed E-state index contributed by atoms with van der Waals surface area (Å²) in [5, 5.41) is 8.58. The van der Waals surface area contributed by atoms with Crippen molar-refractivity contribution in [1.82, 2.24) is 15.1 Å². The standard InChI is InChI=1S/C15H22N4OS.ClH/c1-8(2)13-10-6-12(21-15(10)19(3)18-13)14(20)17-7-11(16)9-4-5-9;/h6,8-9,11H,4-5,7,16H2,1-3H3,(H,17,20);1H. The largest absolute Gasteiger partial charge is 0.350 e. The fraction of sp³-hybridized carbons (Fsp3) is 0.600. The number of amides is 1. The number of nitrogens with zero attached hydrogens (tertiary/aromatic N) is 2. The van der Waals surface area contributed by atoms with Crippen LogP contribution >= 0.6 is 23.7 Å². The summed E-state index contributed by atoms with van der Waals surface area (Å²) in [5.74, 6) is 0.925. The Bertz CT molecular complexity index is 674. The van der Waals surface area contributed by atoms with Crippen LogP contribution in [-0.2, 0) is 7.05 Å². The minimum absolute atomic E-state index is 0. The SMILES string of the molecule is CC(C)c1nn(C)c2sc(C(=O)NCC(N)C3CC3)cc12.Cl. The Hall–Kier alpha value is -1.11. The third-order valence-corrected chi connectivity index (χ3v) is 5.24. The van der Waals surface area contributed by atoms with E-state index in [4.69, 9.17) is 5.73 Å². The Kier molecular flexibility index (Phi) is 5.14. The number of nitrogens with two attached hydrogens (primary N) is 1. The van der Waals surface area contributed by atoms with Crippen LogP contribution in [0.5, 0.6) is 0 Å². The molecule has 1 saturated carbocycles. The van der Waals surface area contributed by atoms with Crippen molar-refractivity contribution in [3.63, 3.8) is 0 Å². The smallest absolute Gasteiger partial charge is 0.261 e. The van der Waals surface area contributed by atoms with E-state index < -0.39 is 0 Å². The van der Waals surface area contributed by atoms with Crippen molar-refractivity contribution in [2.24, 2.45) is 18.7 Å². The number of thiophene rings is 1.